The highest BCUT2D eigenvalue weighted by molar-refractivity contribution is 7.66. The van der Waals surface area contributed by atoms with Crippen molar-refractivity contribution >= 4 is 47.3 Å². The highest BCUT2D eigenvalue weighted by atomic mass is 31.3. The molecular formula is C6H12N5O10P3. The largest absolute Gasteiger partial charge is 0.490 e. The molecule has 1 aliphatic rings. The first kappa shape index (κ1) is 20.8. The SMILES string of the molecule is Nc1nc(N)c2c(n1)N=CC2.O=P(O)(O)OP(=O)(O)OP(=O)(O)O. The highest BCUT2D eigenvalue weighted by Crippen LogP contribution is 2.64. The molecule has 0 saturated carbocycles. The van der Waals surface area contributed by atoms with Crippen LogP contribution in [0.3, 0.4) is 0 Å². The van der Waals surface area contributed by atoms with Gasteiger partial charge in [0.25, 0.3) is 0 Å². The lowest BCUT2D eigenvalue weighted by molar-refractivity contribution is 0.204. The fourth-order valence-corrected chi connectivity index (χ4v) is 3.85. The lowest BCUT2D eigenvalue weighted by Gasteiger charge is -2.11. The number of aliphatic imine (C=N–C) groups is 1. The molecule has 18 heteroatoms. The molecule has 1 aliphatic heterocycles. The number of hydrogen-bond acceptors (Lipinski definition) is 10. The van der Waals surface area contributed by atoms with Crippen molar-refractivity contribution in [3.63, 3.8) is 0 Å². The first-order valence-electron chi connectivity index (χ1n) is 5.49. The number of fused-ring (bicyclic) bond motifs is 1. The Morgan fingerprint density at radius 1 is 0.958 bits per heavy atom. The van der Waals surface area contributed by atoms with Crippen LogP contribution in [-0.4, -0.2) is 40.6 Å². The van der Waals surface area contributed by atoms with Crippen LogP contribution in [-0.2, 0) is 28.7 Å². The van der Waals surface area contributed by atoms with Crippen molar-refractivity contribution in [2.75, 3.05) is 11.5 Å². The minimum Gasteiger partial charge on any atom is -0.383 e. The monoisotopic (exact) mass is 407 g/mol. The lowest BCUT2D eigenvalue weighted by Crippen LogP contribution is -2.02. The van der Waals surface area contributed by atoms with E-state index in [9.17, 15) is 13.7 Å². The van der Waals surface area contributed by atoms with Gasteiger partial charge in [-0.2, -0.15) is 18.6 Å². The summed E-state index contributed by atoms with van der Waals surface area (Å²) in [6.07, 6.45) is 2.45. The third kappa shape index (κ3) is 7.55. The normalized spacial score (nSPS) is 14.0. The van der Waals surface area contributed by atoms with Crippen LogP contribution in [0.15, 0.2) is 4.99 Å². The van der Waals surface area contributed by atoms with Crippen LogP contribution < -0.4 is 11.5 Å². The molecule has 15 nitrogen and oxygen atoms in total. The van der Waals surface area contributed by atoms with Gasteiger partial charge >= 0.3 is 23.5 Å². The van der Waals surface area contributed by atoms with Gasteiger partial charge in [0.2, 0.25) is 5.95 Å². The van der Waals surface area contributed by atoms with Gasteiger partial charge in [-0.1, -0.05) is 0 Å². The Hall–Kier alpha value is -1.24. The Kier molecular flexibility index (Phi) is 6.36. The maximum absolute atomic E-state index is 10.4. The number of hydrogen-bond donors (Lipinski definition) is 7. The smallest absolute Gasteiger partial charge is 0.383 e. The summed E-state index contributed by atoms with van der Waals surface area (Å²) in [5.41, 5.74) is 11.8. The maximum atomic E-state index is 10.4. The van der Waals surface area contributed by atoms with Crippen LogP contribution in [0.2, 0.25) is 0 Å². The van der Waals surface area contributed by atoms with E-state index in [0.29, 0.717) is 18.1 Å². The fourth-order valence-electron chi connectivity index (χ4n) is 1.32. The molecule has 1 aromatic heterocycles. The van der Waals surface area contributed by atoms with Crippen LogP contribution in [0.1, 0.15) is 5.56 Å². The molecular weight excluding hydrogens is 395 g/mol. The molecule has 0 unspecified atom stereocenters. The molecule has 1 aromatic rings. The molecule has 136 valence electrons. The number of nitrogens with two attached hydrogens (primary N) is 2. The molecule has 0 amide bonds. The molecule has 0 spiro atoms. The Morgan fingerprint density at radius 2 is 1.46 bits per heavy atom. The average Bonchev–Trinajstić information content (AvgIpc) is 2.70. The van der Waals surface area contributed by atoms with E-state index in [2.05, 4.69) is 23.6 Å². The molecule has 24 heavy (non-hydrogen) atoms. The van der Waals surface area contributed by atoms with Crippen molar-refractivity contribution in [3.8, 4) is 0 Å². The Balaban J connectivity index is 0.000000242. The second-order valence-electron chi connectivity index (χ2n) is 3.90. The van der Waals surface area contributed by atoms with Crippen molar-refractivity contribution in [2.45, 2.75) is 6.42 Å². The molecule has 0 saturated heterocycles. The zero-order valence-corrected chi connectivity index (χ0v) is 14.1. The van der Waals surface area contributed by atoms with Gasteiger partial charge in [-0.25, -0.2) is 18.7 Å². The maximum Gasteiger partial charge on any atom is 0.490 e. The van der Waals surface area contributed by atoms with Crippen LogP contribution in [0.25, 0.3) is 0 Å². The minimum atomic E-state index is -5.46. The van der Waals surface area contributed by atoms with Crippen LogP contribution in [0.4, 0.5) is 17.6 Å². The zero-order chi connectivity index (χ0) is 18.8. The number of nitrogen functional groups attached to an aromatic ring is 2. The van der Waals surface area contributed by atoms with Crippen LogP contribution in [0, 0.1) is 0 Å². The Bertz CT molecular complexity index is 757. The van der Waals surface area contributed by atoms with E-state index >= 15 is 0 Å². The number of aromatic nitrogens is 2. The van der Waals surface area contributed by atoms with Gasteiger partial charge in [0.15, 0.2) is 5.82 Å². The molecule has 0 bridgehead atoms. The van der Waals surface area contributed by atoms with E-state index in [1.807, 2.05) is 0 Å². The molecule has 0 aliphatic carbocycles. The topological polar surface area (TPSA) is 261 Å². The van der Waals surface area contributed by atoms with E-state index in [1.54, 1.807) is 6.21 Å². The predicted octanol–water partition coefficient (Wildman–Crippen LogP) is -0.795. The van der Waals surface area contributed by atoms with Crippen molar-refractivity contribution in [3.05, 3.63) is 5.56 Å². The van der Waals surface area contributed by atoms with E-state index in [0.717, 1.165) is 5.56 Å². The summed E-state index contributed by atoms with van der Waals surface area (Å²) in [5.74, 6) is 1.22. The second kappa shape index (κ2) is 7.33. The first-order chi connectivity index (χ1) is 10.7. The van der Waals surface area contributed by atoms with Gasteiger partial charge in [0, 0.05) is 18.2 Å². The summed E-state index contributed by atoms with van der Waals surface area (Å²) in [7, 11) is -16.2. The minimum absolute atomic E-state index is 0.181. The summed E-state index contributed by atoms with van der Waals surface area (Å²) >= 11 is 0. The van der Waals surface area contributed by atoms with Gasteiger partial charge in [-0.05, 0) is 0 Å². The Labute approximate surface area is 133 Å². The molecule has 2 rings (SSSR count). The van der Waals surface area contributed by atoms with Crippen LogP contribution in [0.5, 0.6) is 0 Å². The summed E-state index contributed by atoms with van der Waals surface area (Å²) in [6.45, 7) is 0. The summed E-state index contributed by atoms with van der Waals surface area (Å²) in [6, 6.07) is 0. The molecule has 9 N–H and O–H groups in total. The number of nitrogens with zero attached hydrogens (tertiary/aromatic N) is 3. The molecule has 0 fully saturated rings. The van der Waals surface area contributed by atoms with Gasteiger partial charge in [-0.3, -0.25) is 0 Å². The predicted molar refractivity (Wildman–Crippen MR) is 78.8 cm³/mol. The third-order valence-corrected chi connectivity index (χ3v) is 5.32. The van der Waals surface area contributed by atoms with Gasteiger partial charge < -0.3 is 35.9 Å². The highest BCUT2D eigenvalue weighted by Gasteiger charge is 2.38. The third-order valence-electron chi connectivity index (χ3n) is 1.96. The van der Waals surface area contributed by atoms with Gasteiger partial charge in [0.1, 0.15) is 5.82 Å². The molecule has 0 aromatic carbocycles. The van der Waals surface area contributed by atoms with Crippen LogP contribution >= 0.6 is 23.5 Å². The lowest BCUT2D eigenvalue weighted by atomic mass is 10.2. The molecule has 2 heterocycles. The van der Waals surface area contributed by atoms with Crippen molar-refractivity contribution < 1.29 is 46.8 Å². The summed E-state index contributed by atoms with van der Waals surface area (Å²) in [5, 5.41) is 0. The number of rotatable bonds is 4. The first-order valence-corrected chi connectivity index (χ1v) is 10.0. The quantitative estimate of drug-likeness (QED) is 0.302. The van der Waals surface area contributed by atoms with Gasteiger partial charge in [0.05, 0.1) is 0 Å². The standard InChI is InChI=1S/C6H7N5.H5O10P3/c7-4-3-1-2-9-5(3)11-6(8)10-4;1-11(2,3)9-13(7,8)10-12(4,5)6/h2H,1H2,(H4,7,8,10,11);(H,7,8)(H2,1,2,3)(H2,4,5,6). The fraction of sp³-hybridized carbons (Fsp3) is 0.167. The Morgan fingerprint density at radius 3 is 1.92 bits per heavy atom. The van der Waals surface area contributed by atoms with Crippen molar-refractivity contribution in [2.24, 2.45) is 4.99 Å². The average molecular weight is 407 g/mol. The summed E-state index contributed by atoms with van der Waals surface area (Å²) < 4.78 is 36.4. The van der Waals surface area contributed by atoms with E-state index in [1.165, 1.54) is 0 Å². The second-order valence-corrected chi connectivity index (χ2v) is 8.10. The summed E-state index contributed by atoms with van der Waals surface area (Å²) in [4.78, 5) is 51.9. The zero-order valence-electron chi connectivity index (χ0n) is 11.4. The molecule has 0 radical (unpaired) electrons. The van der Waals surface area contributed by atoms with E-state index in [-0.39, 0.29) is 5.95 Å². The van der Waals surface area contributed by atoms with E-state index in [4.69, 9.17) is 35.9 Å². The number of phosphoric acid groups is 3. The molecule has 0 atom stereocenters. The van der Waals surface area contributed by atoms with Gasteiger partial charge in [-0.15, -0.1) is 0 Å². The van der Waals surface area contributed by atoms with E-state index < -0.39 is 23.5 Å². The number of anilines is 2. The van der Waals surface area contributed by atoms with Crippen molar-refractivity contribution in [1.82, 2.24) is 9.97 Å². The van der Waals surface area contributed by atoms with Crippen molar-refractivity contribution in [1.29, 1.82) is 0 Å².